The number of hydrogen-bond acceptors (Lipinski definition) is 2. The monoisotopic (exact) mass is 203 g/mol. The van der Waals surface area contributed by atoms with Gasteiger partial charge < -0.3 is 4.52 Å². The van der Waals surface area contributed by atoms with E-state index in [1.54, 1.807) is 0 Å². The number of nitrogens with zero attached hydrogens (tertiary/aromatic N) is 1. The lowest BCUT2D eigenvalue weighted by atomic mass is 10.1. The van der Waals surface area contributed by atoms with E-state index in [1.807, 2.05) is 36.4 Å². The van der Waals surface area contributed by atoms with Crippen molar-refractivity contribution in [2.75, 3.05) is 0 Å². The lowest BCUT2D eigenvalue weighted by Gasteiger charge is -1.94. The normalized spacial score (nSPS) is 10.1. The third-order valence-electron chi connectivity index (χ3n) is 2.18. The minimum absolute atomic E-state index is 0. The SMILES string of the molecule is C.CC(C)c1cc(-c2ccccc2)on1. The molecule has 0 atom stereocenters. The third kappa shape index (κ3) is 2.46. The van der Waals surface area contributed by atoms with Crippen LogP contribution in [0, 0.1) is 0 Å². The lowest BCUT2D eigenvalue weighted by Crippen LogP contribution is -1.84. The van der Waals surface area contributed by atoms with Gasteiger partial charge >= 0.3 is 0 Å². The third-order valence-corrected chi connectivity index (χ3v) is 2.18. The number of rotatable bonds is 2. The van der Waals surface area contributed by atoms with Crippen molar-refractivity contribution in [3.63, 3.8) is 0 Å². The number of aromatic nitrogens is 1. The summed E-state index contributed by atoms with van der Waals surface area (Å²) in [4.78, 5) is 0. The van der Waals surface area contributed by atoms with E-state index in [1.165, 1.54) is 0 Å². The Balaban J connectivity index is 0.00000112. The molecular weight excluding hydrogens is 186 g/mol. The second-order valence-electron chi connectivity index (χ2n) is 3.64. The molecule has 2 aromatic rings. The molecule has 0 bridgehead atoms. The van der Waals surface area contributed by atoms with Gasteiger partial charge in [-0.2, -0.15) is 0 Å². The molecule has 0 radical (unpaired) electrons. The summed E-state index contributed by atoms with van der Waals surface area (Å²) in [6.07, 6.45) is 0. The predicted molar refractivity (Wildman–Crippen MR) is 62.8 cm³/mol. The average Bonchev–Trinajstić information content (AvgIpc) is 2.68. The van der Waals surface area contributed by atoms with Crippen molar-refractivity contribution in [2.45, 2.75) is 27.2 Å². The van der Waals surface area contributed by atoms with E-state index < -0.39 is 0 Å². The fourth-order valence-corrected chi connectivity index (χ4v) is 1.30. The predicted octanol–water partition coefficient (Wildman–Crippen LogP) is 4.10. The van der Waals surface area contributed by atoms with Gasteiger partial charge in [-0.25, -0.2) is 0 Å². The van der Waals surface area contributed by atoms with Gasteiger partial charge in [0.25, 0.3) is 0 Å². The van der Waals surface area contributed by atoms with Crippen LogP contribution in [-0.4, -0.2) is 5.16 Å². The van der Waals surface area contributed by atoms with E-state index >= 15 is 0 Å². The minimum atomic E-state index is 0. The van der Waals surface area contributed by atoms with Crippen LogP contribution in [-0.2, 0) is 0 Å². The zero-order valence-corrected chi connectivity index (χ0v) is 8.40. The van der Waals surface area contributed by atoms with Gasteiger partial charge in [-0.05, 0) is 5.92 Å². The Labute approximate surface area is 90.9 Å². The molecule has 0 saturated heterocycles. The Bertz CT molecular complexity index is 403. The molecule has 2 rings (SSSR count). The molecular formula is C13H17NO. The summed E-state index contributed by atoms with van der Waals surface area (Å²) < 4.78 is 5.26. The summed E-state index contributed by atoms with van der Waals surface area (Å²) in [6, 6.07) is 12.0. The Kier molecular flexibility index (Phi) is 3.67. The van der Waals surface area contributed by atoms with Gasteiger partial charge in [-0.3, -0.25) is 0 Å². The van der Waals surface area contributed by atoms with Crippen LogP contribution in [0.1, 0.15) is 32.9 Å². The maximum atomic E-state index is 5.26. The first-order valence-corrected chi connectivity index (χ1v) is 4.79. The highest BCUT2D eigenvalue weighted by molar-refractivity contribution is 5.56. The van der Waals surface area contributed by atoms with Crippen LogP contribution in [0.4, 0.5) is 0 Å². The number of benzene rings is 1. The largest absolute Gasteiger partial charge is 0.356 e. The quantitative estimate of drug-likeness (QED) is 0.734. The van der Waals surface area contributed by atoms with Crippen LogP contribution in [0.3, 0.4) is 0 Å². The average molecular weight is 203 g/mol. The summed E-state index contributed by atoms with van der Waals surface area (Å²) in [7, 11) is 0. The fourth-order valence-electron chi connectivity index (χ4n) is 1.30. The van der Waals surface area contributed by atoms with Crippen molar-refractivity contribution < 1.29 is 4.52 Å². The van der Waals surface area contributed by atoms with Crippen molar-refractivity contribution in [1.82, 2.24) is 5.16 Å². The van der Waals surface area contributed by atoms with E-state index in [0.29, 0.717) is 5.92 Å². The van der Waals surface area contributed by atoms with Gasteiger partial charge in [0.05, 0.1) is 5.69 Å². The van der Waals surface area contributed by atoms with Crippen LogP contribution < -0.4 is 0 Å². The van der Waals surface area contributed by atoms with Crippen LogP contribution in [0.5, 0.6) is 0 Å². The Hall–Kier alpha value is -1.57. The molecule has 0 unspecified atom stereocenters. The van der Waals surface area contributed by atoms with Gasteiger partial charge in [0.15, 0.2) is 5.76 Å². The first kappa shape index (κ1) is 11.5. The van der Waals surface area contributed by atoms with Gasteiger partial charge in [-0.1, -0.05) is 56.8 Å². The maximum Gasteiger partial charge on any atom is 0.167 e. The molecule has 0 spiro atoms. The highest BCUT2D eigenvalue weighted by Crippen LogP contribution is 2.22. The van der Waals surface area contributed by atoms with Gasteiger partial charge in [-0.15, -0.1) is 0 Å². The molecule has 0 aliphatic heterocycles. The summed E-state index contributed by atoms with van der Waals surface area (Å²) in [5.41, 5.74) is 2.08. The highest BCUT2D eigenvalue weighted by Gasteiger charge is 2.08. The molecule has 0 N–H and O–H groups in total. The standard InChI is InChI=1S/C12H13NO.CH4/c1-9(2)11-8-12(14-13-11)10-6-4-3-5-7-10;/h3-9H,1-2H3;1H4. The second-order valence-corrected chi connectivity index (χ2v) is 3.64. The summed E-state index contributed by atoms with van der Waals surface area (Å²) >= 11 is 0. The fraction of sp³-hybridized carbons (Fsp3) is 0.308. The highest BCUT2D eigenvalue weighted by atomic mass is 16.5. The van der Waals surface area contributed by atoms with Crippen molar-refractivity contribution in [3.8, 4) is 11.3 Å². The zero-order valence-electron chi connectivity index (χ0n) is 8.40. The molecule has 80 valence electrons. The van der Waals surface area contributed by atoms with Crippen molar-refractivity contribution in [2.24, 2.45) is 0 Å². The maximum absolute atomic E-state index is 5.26. The molecule has 1 aromatic carbocycles. The molecule has 0 saturated carbocycles. The molecule has 0 aliphatic rings. The molecule has 0 amide bonds. The Morgan fingerprint density at radius 3 is 2.33 bits per heavy atom. The smallest absolute Gasteiger partial charge is 0.167 e. The molecule has 0 fully saturated rings. The molecule has 1 heterocycles. The molecule has 2 nitrogen and oxygen atoms in total. The first-order valence-electron chi connectivity index (χ1n) is 4.79. The molecule has 2 heteroatoms. The minimum Gasteiger partial charge on any atom is -0.356 e. The van der Waals surface area contributed by atoms with E-state index in [0.717, 1.165) is 17.0 Å². The molecule has 15 heavy (non-hydrogen) atoms. The molecule has 0 aliphatic carbocycles. The molecule has 1 aromatic heterocycles. The van der Waals surface area contributed by atoms with Crippen molar-refractivity contribution in [3.05, 3.63) is 42.1 Å². The van der Waals surface area contributed by atoms with Crippen LogP contribution in [0.15, 0.2) is 40.9 Å². The zero-order chi connectivity index (χ0) is 9.97. The summed E-state index contributed by atoms with van der Waals surface area (Å²) in [5.74, 6) is 1.26. The van der Waals surface area contributed by atoms with Crippen molar-refractivity contribution >= 4 is 0 Å². The Morgan fingerprint density at radius 1 is 1.13 bits per heavy atom. The van der Waals surface area contributed by atoms with Gasteiger partial charge in [0.1, 0.15) is 0 Å². The summed E-state index contributed by atoms with van der Waals surface area (Å²) in [6.45, 7) is 4.21. The van der Waals surface area contributed by atoms with Crippen LogP contribution in [0.25, 0.3) is 11.3 Å². The topological polar surface area (TPSA) is 26.0 Å². The lowest BCUT2D eigenvalue weighted by molar-refractivity contribution is 0.420. The van der Waals surface area contributed by atoms with E-state index in [-0.39, 0.29) is 7.43 Å². The van der Waals surface area contributed by atoms with Crippen LogP contribution >= 0.6 is 0 Å². The number of hydrogen-bond donors (Lipinski definition) is 0. The summed E-state index contributed by atoms with van der Waals surface area (Å²) in [5, 5.41) is 4.02. The second kappa shape index (κ2) is 4.78. The van der Waals surface area contributed by atoms with E-state index in [4.69, 9.17) is 4.52 Å². The first-order chi connectivity index (χ1) is 6.77. The van der Waals surface area contributed by atoms with Gasteiger partial charge in [0.2, 0.25) is 0 Å². The van der Waals surface area contributed by atoms with Crippen molar-refractivity contribution in [1.29, 1.82) is 0 Å². The van der Waals surface area contributed by atoms with Gasteiger partial charge in [0, 0.05) is 11.6 Å². The van der Waals surface area contributed by atoms with Crippen LogP contribution in [0.2, 0.25) is 0 Å². The van der Waals surface area contributed by atoms with E-state index in [2.05, 4.69) is 19.0 Å². The Morgan fingerprint density at radius 2 is 1.80 bits per heavy atom. The van der Waals surface area contributed by atoms with E-state index in [9.17, 15) is 0 Å².